The minimum atomic E-state index is -4.74. The number of alkyl halides is 3. The van der Waals surface area contributed by atoms with Crippen LogP contribution in [0, 0.1) is 0 Å². The van der Waals surface area contributed by atoms with Gasteiger partial charge in [-0.05, 0) is 56.0 Å². The highest BCUT2D eigenvalue weighted by atomic mass is 35.5. The molecule has 1 aliphatic rings. The Morgan fingerprint density at radius 2 is 1.57 bits per heavy atom. The number of aliphatic hydroxyl groups is 2. The minimum Gasteiger partial charge on any atom is -0.481 e. The fourth-order valence-electron chi connectivity index (χ4n) is 5.80. The lowest BCUT2D eigenvalue weighted by molar-refractivity contribution is -0.139. The van der Waals surface area contributed by atoms with Crippen molar-refractivity contribution in [2.75, 3.05) is 27.3 Å². The van der Waals surface area contributed by atoms with Gasteiger partial charge in [-0.1, -0.05) is 35.9 Å². The van der Waals surface area contributed by atoms with Gasteiger partial charge in [-0.15, -0.1) is 0 Å². The van der Waals surface area contributed by atoms with E-state index in [2.05, 4.69) is 25.6 Å². The summed E-state index contributed by atoms with van der Waals surface area (Å²) in [6.07, 6.45) is -4.06. The summed E-state index contributed by atoms with van der Waals surface area (Å²) < 4.78 is 59.7. The molecule has 3 aromatic heterocycles. The molecule has 0 radical (unpaired) electrons. The van der Waals surface area contributed by atoms with Crippen LogP contribution in [0.25, 0.3) is 22.5 Å². The highest BCUT2D eigenvalue weighted by molar-refractivity contribution is 6.35. The Bertz CT molecular complexity index is 1770. The van der Waals surface area contributed by atoms with E-state index in [9.17, 15) is 23.4 Å². The van der Waals surface area contributed by atoms with Gasteiger partial charge in [0.05, 0.1) is 42.8 Å². The normalized spacial score (nSPS) is 15.5. The first kappa shape index (κ1) is 36.3. The van der Waals surface area contributed by atoms with Gasteiger partial charge in [-0.25, -0.2) is 4.98 Å². The molecule has 4 N–H and O–H groups in total. The molecule has 0 saturated heterocycles. The number of benzene rings is 1. The lowest BCUT2D eigenvalue weighted by Gasteiger charge is -2.21. The van der Waals surface area contributed by atoms with Crippen LogP contribution in [0.3, 0.4) is 0 Å². The highest BCUT2D eigenvalue weighted by Gasteiger charge is 2.38. The van der Waals surface area contributed by atoms with Crippen molar-refractivity contribution in [2.24, 2.45) is 0 Å². The van der Waals surface area contributed by atoms with Crippen LogP contribution in [0.1, 0.15) is 54.2 Å². The smallest absolute Gasteiger partial charge is 0.421 e. The van der Waals surface area contributed by atoms with Crippen LogP contribution in [-0.4, -0.2) is 64.7 Å². The number of aromatic nitrogens is 3. The molecule has 1 aliphatic carbocycles. The predicted molar refractivity (Wildman–Crippen MR) is 179 cm³/mol. The van der Waals surface area contributed by atoms with E-state index in [0.717, 1.165) is 22.8 Å². The first-order chi connectivity index (χ1) is 23.4. The van der Waals surface area contributed by atoms with Crippen molar-refractivity contribution in [3.63, 3.8) is 0 Å². The first-order valence-corrected chi connectivity index (χ1v) is 16.2. The second kappa shape index (κ2) is 15.7. The summed E-state index contributed by atoms with van der Waals surface area (Å²) in [5.74, 6) is -0.164. The van der Waals surface area contributed by atoms with Crippen molar-refractivity contribution < 1.29 is 37.6 Å². The van der Waals surface area contributed by atoms with E-state index < -0.39 is 35.9 Å². The standard InChI is InChI=1S/C35H39ClF3N5O5/c1-19(45)15-40-17-21-8-10-28(43-32(21)47-3)26-12-13-42-31(30(26)36)25-7-5-6-24-23(25)9-11-29(24)49-34-27(35(37,38)39)14-22(33(44-34)48-4)18-41-16-20(2)46/h5-8,10,12-14,19-20,29,40-41,45-46H,9,11,15-18H2,1-4H3/t19?,20?,29-/m1/s1. The Labute approximate surface area is 287 Å². The molecule has 0 saturated carbocycles. The Morgan fingerprint density at radius 1 is 0.898 bits per heavy atom. The quantitative estimate of drug-likeness (QED) is 0.126. The van der Waals surface area contributed by atoms with Gasteiger partial charge < -0.3 is 35.1 Å². The summed E-state index contributed by atoms with van der Waals surface area (Å²) in [5.41, 5.74) is 4.01. The van der Waals surface area contributed by atoms with Gasteiger partial charge in [0.25, 0.3) is 0 Å². The topological polar surface area (TPSA) is 131 Å². The van der Waals surface area contributed by atoms with Gasteiger partial charge in [0.1, 0.15) is 11.7 Å². The number of rotatable bonds is 14. The van der Waals surface area contributed by atoms with E-state index in [-0.39, 0.29) is 24.5 Å². The Morgan fingerprint density at radius 3 is 2.22 bits per heavy atom. The molecule has 0 aliphatic heterocycles. The monoisotopic (exact) mass is 701 g/mol. The zero-order valence-electron chi connectivity index (χ0n) is 27.6. The number of nitrogens with zero attached hydrogens (tertiary/aromatic N) is 3. The molecule has 2 unspecified atom stereocenters. The van der Waals surface area contributed by atoms with E-state index >= 15 is 0 Å². The molecule has 1 aromatic carbocycles. The fraction of sp³-hybridized carbons (Fsp3) is 0.400. The second-order valence-electron chi connectivity index (χ2n) is 11.9. The van der Waals surface area contributed by atoms with Gasteiger partial charge >= 0.3 is 6.18 Å². The van der Waals surface area contributed by atoms with Crippen molar-refractivity contribution in [1.82, 2.24) is 25.6 Å². The predicted octanol–water partition coefficient (Wildman–Crippen LogP) is 5.90. The maximum Gasteiger partial charge on any atom is 0.421 e. The van der Waals surface area contributed by atoms with Crippen LogP contribution in [0.2, 0.25) is 5.02 Å². The Hall–Kier alpha value is -4.01. The molecule has 0 bridgehead atoms. The first-order valence-electron chi connectivity index (χ1n) is 15.8. The molecule has 5 rings (SSSR count). The number of aliphatic hydroxyl groups excluding tert-OH is 2. The zero-order valence-corrected chi connectivity index (χ0v) is 28.3. The van der Waals surface area contributed by atoms with E-state index in [1.165, 1.54) is 14.2 Å². The van der Waals surface area contributed by atoms with Gasteiger partial charge in [-0.2, -0.15) is 18.2 Å². The molecular weight excluding hydrogens is 663 g/mol. The van der Waals surface area contributed by atoms with Crippen molar-refractivity contribution in [1.29, 1.82) is 0 Å². The summed E-state index contributed by atoms with van der Waals surface area (Å²) in [5, 5.41) is 25.5. The molecule has 14 heteroatoms. The number of nitrogens with one attached hydrogen (secondary N) is 2. The number of hydrogen-bond donors (Lipinski definition) is 4. The molecular formula is C35H39ClF3N5O5. The third-order valence-electron chi connectivity index (χ3n) is 8.06. The van der Waals surface area contributed by atoms with Crippen LogP contribution in [0.15, 0.2) is 48.7 Å². The largest absolute Gasteiger partial charge is 0.481 e. The minimum absolute atomic E-state index is 0.00449. The number of ether oxygens (including phenoxy) is 3. The van der Waals surface area contributed by atoms with Crippen LogP contribution in [0.5, 0.6) is 17.6 Å². The number of pyridine rings is 3. The van der Waals surface area contributed by atoms with E-state index in [1.54, 1.807) is 32.2 Å². The second-order valence-corrected chi connectivity index (χ2v) is 12.2. The molecule has 3 atom stereocenters. The van der Waals surface area contributed by atoms with Crippen LogP contribution < -0.4 is 24.8 Å². The third kappa shape index (κ3) is 8.42. The molecule has 10 nitrogen and oxygen atoms in total. The third-order valence-corrected chi connectivity index (χ3v) is 8.44. The van der Waals surface area contributed by atoms with Gasteiger partial charge in [0, 0.05) is 54.6 Å². The summed E-state index contributed by atoms with van der Waals surface area (Å²) in [6.45, 7) is 4.34. The van der Waals surface area contributed by atoms with E-state index in [4.69, 9.17) is 25.8 Å². The zero-order chi connectivity index (χ0) is 35.3. The lowest BCUT2D eigenvalue weighted by Crippen LogP contribution is -2.24. The average molecular weight is 702 g/mol. The number of hydrogen-bond acceptors (Lipinski definition) is 10. The summed E-state index contributed by atoms with van der Waals surface area (Å²) in [6, 6.07) is 11.9. The molecule has 262 valence electrons. The van der Waals surface area contributed by atoms with Gasteiger partial charge in [0.2, 0.25) is 17.6 Å². The highest BCUT2D eigenvalue weighted by Crippen LogP contribution is 2.45. The van der Waals surface area contributed by atoms with Crippen molar-refractivity contribution in [2.45, 2.75) is 64.3 Å². The van der Waals surface area contributed by atoms with Crippen LogP contribution >= 0.6 is 11.6 Å². The van der Waals surface area contributed by atoms with Crippen molar-refractivity contribution in [3.05, 3.63) is 81.5 Å². The molecule has 49 heavy (non-hydrogen) atoms. The molecule has 4 aromatic rings. The number of halogens is 4. The molecule has 0 fully saturated rings. The maximum atomic E-state index is 14.3. The van der Waals surface area contributed by atoms with Crippen LogP contribution in [-0.2, 0) is 25.7 Å². The summed E-state index contributed by atoms with van der Waals surface area (Å²) >= 11 is 6.99. The number of fused-ring (bicyclic) bond motifs is 1. The Balaban J connectivity index is 1.45. The Kier molecular flexibility index (Phi) is 11.6. The molecule has 0 amide bonds. The maximum absolute atomic E-state index is 14.3. The fourth-order valence-corrected chi connectivity index (χ4v) is 6.12. The number of methoxy groups -OCH3 is 2. The molecule has 0 spiro atoms. The van der Waals surface area contributed by atoms with Gasteiger partial charge in [0.15, 0.2) is 0 Å². The van der Waals surface area contributed by atoms with Crippen LogP contribution in [0.4, 0.5) is 13.2 Å². The summed E-state index contributed by atoms with van der Waals surface area (Å²) in [7, 11) is 2.86. The molecule has 3 heterocycles. The van der Waals surface area contributed by atoms with E-state index in [0.29, 0.717) is 59.3 Å². The summed E-state index contributed by atoms with van der Waals surface area (Å²) in [4.78, 5) is 13.4. The van der Waals surface area contributed by atoms with Crippen molar-refractivity contribution >= 4 is 11.6 Å². The average Bonchev–Trinajstić information content (AvgIpc) is 3.47. The van der Waals surface area contributed by atoms with Gasteiger partial charge in [-0.3, -0.25) is 4.98 Å². The van der Waals surface area contributed by atoms with Crippen molar-refractivity contribution in [3.8, 4) is 40.2 Å². The lowest BCUT2D eigenvalue weighted by atomic mass is 9.98. The van der Waals surface area contributed by atoms with E-state index in [1.807, 2.05) is 24.3 Å². The SMILES string of the molecule is COc1nc(-c2ccnc(-c3cccc4c3CC[C@H]4Oc3nc(OC)c(CNCC(C)O)cc3C(F)(F)F)c2Cl)ccc1CNCC(C)O.